The van der Waals surface area contributed by atoms with Crippen LogP contribution in [-0.4, -0.2) is 42.4 Å². The average Bonchev–Trinajstić information content (AvgIpc) is 3.13. The number of carbonyl (C=O) groups is 1. The number of fused-ring (bicyclic) bond motifs is 1. The van der Waals surface area contributed by atoms with Crippen molar-refractivity contribution in [1.82, 2.24) is 4.98 Å². The van der Waals surface area contributed by atoms with Gasteiger partial charge >= 0.3 is 5.97 Å². The van der Waals surface area contributed by atoms with Gasteiger partial charge in [0.05, 0.1) is 24.8 Å². The summed E-state index contributed by atoms with van der Waals surface area (Å²) in [6.45, 7) is 0.550. The normalized spacial score (nSPS) is 23.6. The van der Waals surface area contributed by atoms with Crippen LogP contribution in [0.15, 0.2) is 6.07 Å². The second-order valence-corrected chi connectivity index (χ2v) is 5.59. The summed E-state index contributed by atoms with van der Waals surface area (Å²) in [6, 6.07) is 3.79. The van der Waals surface area contributed by atoms with Crippen LogP contribution in [0.1, 0.15) is 23.2 Å². The van der Waals surface area contributed by atoms with Crippen LogP contribution < -0.4 is 4.90 Å². The van der Waals surface area contributed by atoms with E-state index in [1.807, 2.05) is 6.07 Å². The summed E-state index contributed by atoms with van der Waals surface area (Å²) in [5.41, 5.74) is 2.68. The Morgan fingerprint density at radius 1 is 1.52 bits per heavy atom. The number of anilines is 1. The second-order valence-electron chi connectivity index (χ2n) is 5.59. The predicted molar refractivity (Wildman–Crippen MR) is 75.1 cm³/mol. The molecule has 1 aromatic rings. The Bertz CT molecular complexity index is 623. The predicted octanol–water partition coefficient (Wildman–Crippen LogP) is 0.978. The first-order chi connectivity index (χ1) is 10.1. The zero-order valence-corrected chi connectivity index (χ0v) is 11.9. The summed E-state index contributed by atoms with van der Waals surface area (Å²) in [7, 11) is 1.79. The first kappa shape index (κ1) is 13.8. The Hall–Kier alpha value is -2.13. The molecule has 1 N–H and O–H groups in total. The molecule has 2 aliphatic rings. The van der Waals surface area contributed by atoms with E-state index in [1.54, 1.807) is 11.9 Å². The molecule has 1 fully saturated rings. The van der Waals surface area contributed by atoms with Gasteiger partial charge in [-0.3, -0.25) is 4.79 Å². The maximum absolute atomic E-state index is 11.3. The second kappa shape index (κ2) is 5.34. The quantitative estimate of drug-likeness (QED) is 0.891. The molecule has 1 aromatic heterocycles. The number of aromatic nitrogens is 1. The number of nitriles is 1. The monoisotopic (exact) mass is 287 g/mol. The molecule has 0 amide bonds. The van der Waals surface area contributed by atoms with Crippen molar-refractivity contribution >= 4 is 11.8 Å². The number of likely N-dealkylation sites (N-methyl/N-ethyl adjacent to an activating group) is 1. The molecule has 1 saturated heterocycles. The largest absolute Gasteiger partial charge is 0.481 e. The third-order valence-corrected chi connectivity index (χ3v) is 4.35. The molecule has 0 bridgehead atoms. The van der Waals surface area contributed by atoms with Gasteiger partial charge in [-0.15, -0.1) is 0 Å². The van der Waals surface area contributed by atoms with Crippen molar-refractivity contribution in [2.45, 2.75) is 25.3 Å². The van der Waals surface area contributed by atoms with Crippen molar-refractivity contribution in [3.63, 3.8) is 0 Å². The lowest BCUT2D eigenvalue weighted by Gasteiger charge is -2.28. The molecule has 0 radical (unpaired) electrons. The van der Waals surface area contributed by atoms with Crippen LogP contribution in [0.25, 0.3) is 0 Å². The zero-order valence-electron chi connectivity index (χ0n) is 11.9. The fourth-order valence-electron chi connectivity index (χ4n) is 3.13. The van der Waals surface area contributed by atoms with E-state index >= 15 is 0 Å². The minimum atomic E-state index is -0.871. The molecule has 0 saturated carbocycles. The lowest BCUT2D eigenvalue weighted by atomic mass is 10.0. The molecule has 0 spiro atoms. The van der Waals surface area contributed by atoms with Crippen molar-refractivity contribution < 1.29 is 14.6 Å². The van der Waals surface area contributed by atoms with E-state index in [2.05, 4.69) is 11.1 Å². The van der Waals surface area contributed by atoms with E-state index in [1.165, 1.54) is 0 Å². The number of carboxylic acid groups (broad SMARTS) is 1. The molecule has 2 heterocycles. The van der Waals surface area contributed by atoms with Crippen LogP contribution >= 0.6 is 0 Å². The van der Waals surface area contributed by atoms with Crippen LogP contribution in [-0.2, 0) is 22.4 Å². The molecular formula is C15H17N3O3. The summed E-state index contributed by atoms with van der Waals surface area (Å²) >= 11 is 0. The first-order valence-corrected chi connectivity index (χ1v) is 7.08. The third kappa shape index (κ3) is 2.34. The highest BCUT2D eigenvalue weighted by molar-refractivity contribution is 5.72. The maximum atomic E-state index is 11.3. The van der Waals surface area contributed by atoms with Crippen molar-refractivity contribution in [2.24, 2.45) is 5.92 Å². The minimum Gasteiger partial charge on any atom is -0.481 e. The number of nitrogens with zero attached hydrogens (tertiary/aromatic N) is 3. The summed E-state index contributed by atoms with van der Waals surface area (Å²) in [6.07, 6.45) is 2.95. The number of ether oxygens (including phenoxy) is 1. The summed E-state index contributed by atoms with van der Waals surface area (Å²) in [4.78, 5) is 17.7. The molecule has 21 heavy (non-hydrogen) atoms. The Morgan fingerprint density at radius 2 is 2.33 bits per heavy atom. The topological polar surface area (TPSA) is 86.5 Å². The minimum absolute atomic E-state index is 0.206. The standard InChI is InChI=1S/C15H17N3O3/c1-18(13-8-21-7-11(13)15(19)20)14-10(6-16)5-9-3-2-4-12(9)17-14/h5,11,13H,2-4,7-8H2,1H3,(H,19,20). The van der Waals surface area contributed by atoms with Gasteiger partial charge in [0, 0.05) is 12.7 Å². The number of aliphatic carboxylic acids is 1. The summed E-state index contributed by atoms with van der Waals surface area (Å²) < 4.78 is 5.31. The SMILES string of the molecule is CN(c1nc2c(cc1C#N)CCC2)C1COCC1C(=O)O. The molecule has 6 nitrogen and oxygen atoms in total. The molecular weight excluding hydrogens is 270 g/mol. The molecule has 2 atom stereocenters. The van der Waals surface area contributed by atoms with Gasteiger partial charge in [-0.25, -0.2) is 4.98 Å². The molecule has 1 aliphatic heterocycles. The Labute approximate surface area is 123 Å². The van der Waals surface area contributed by atoms with Crippen LogP contribution in [0, 0.1) is 17.2 Å². The van der Waals surface area contributed by atoms with Gasteiger partial charge in [0.15, 0.2) is 0 Å². The number of hydrogen-bond donors (Lipinski definition) is 1. The van der Waals surface area contributed by atoms with Crippen molar-refractivity contribution in [3.05, 3.63) is 22.9 Å². The Balaban J connectivity index is 1.96. The first-order valence-electron chi connectivity index (χ1n) is 7.08. The van der Waals surface area contributed by atoms with Crippen molar-refractivity contribution in [2.75, 3.05) is 25.2 Å². The van der Waals surface area contributed by atoms with Crippen LogP contribution in [0.5, 0.6) is 0 Å². The van der Waals surface area contributed by atoms with Crippen LogP contribution in [0.3, 0.4) is 0 Å². The van der Waals surface area contributed by atoms with E-state index in [0.717, 1.165) is 30.5 Å². The highest BCUT2D eigenvalue weighted by Crippen LogP contribution is 2.30. The molecule has 1 aliphatic carbocycles. The molecule has 3 rings (SSSR count). The van der Waals surface area contributed by atoms with E-state index in [9.17, 15) is 15.2 Å². The van der Waals surface area contributed by atoms with Gasteiger partial charge in [0.25, 0.3) is 0 Å². The fourth-order valence-corrected chi connectivity index (χ4v) is 3.13. The molecule has 110 valence electrons. The zero-order chi connectivity index (χ0) is 15.0. The molecule has 2 unspecified atom stereocenters. The van der Waals surface area contributed by atoms with Gasteiger partial charge in [0.2, 0.25) is 0 Å². The van der Waals surface area contributed by atoms with Gasteiger partial charge < -0.3 is 14.7 Å². The Morgan fingerprint density at radius 3 is 3.05 bits per heavy atom. The maximum Gasteiger partial charge on any atom is 0.311 e. The highest BCUT2D eigenvalue weighted by Gasteiger charge is 2.38. The number of pyridine rings is 1. The highest BCUT2D eigenvalue weighted by atomic mass is 16.5. The smallest absolute Gasteiger partial charge is 0.311 e. The number of hydrogen-bond acceptors (Lipinski definition) is 5. The summed E-state index contributed by atoms with van der Waals surface area (Å²) in [5.74, 6) is -0.888. The van der Waals surface area contributed by atoms with E-state index in [-0.39, 0.29) is 12.6 Å². The van der Waals surface area contributed by atoms with Gasteiger partial charge in [-0.2, -0.15) is 5.26 Å². The number of rotatable bonds is 3. The van der Waals surface area contributed by atoms with Gasteiger partial charge in [-0.05, 0) is 30.9 Å². The molecule has 0 aromatic carbocycles. The van der Waals surface area contributed by atoms with Crippen molar-refractivity contribution in [3.8, 4) is 6.07 Å². The number of aryl methyl sites for hydroxylation is 2. The van der Waals surface area contributed by atoms with Crippen molar-refractivity contribution in [1.29, 1.82) is 5.26 Å². The third-order valence-electron chi connectivity index (χ3n) is 4.35. The average molecular weight is 287 g/mol. The van der Waals surface area contributed by atoms with E-state index in [4.69, 9.17) is 4.74 Å². The summed E-state index contributed by atoms with van der Waals surface area (Å²) in [5, 5.41) is 18.6. The van der Waals surface area contributed by atoms with E-state index < -0.39 is 11.9 Å². The lowest BCUT2D eigenvalue weighted by Crippen LogP contribution is -2.41. The Kier molecular flexibility index (Phi) is 3.52. The van der Waals surface area contributed by atoms with Gasteiger partial charge in [-0.1, -0.05) is 0 Å². The van der Waals surface area contributed by atoms with Crippen LogP contribution in [0.2, 0.25) is 0 Å². The molecule has 6 heteroatoms. The van der Waals surface area contributed by atoms with Gasteiger partial charge in [0.1, 0.15) is 17.8 Å². The van der Waals surface area contributed by atoms with Crippen LogP contribution in [0.4, 0.5) is 5.82 Å². The lowest BCUT2D eigenvalue weighted by molar-refractivity contribution is -0.141. The number of carboxylic acids is 1. The fraction of sp³-hybridized carbons (Fsp3) is 0.533. The van der Waals surface area contributed by atoms with E-state index in [0.29, 0.717) is 18.0 Å².